The molecule has 2 aliphatic rings. The Morgan fingerprint density at radius 2 is 1.90 bits per heavy atom. The summed E-state index contributed by atoms with van der Waals surface area (Å²) in [6, 6.07) is 9.93. The third-order valence-corrected chi connectivity index (χ3v) is 7.80. The summed E-state index contributed by atoms with van der Waals surface area (Å²) >= 11 is 1.65. The number of rotatable bonds is 3. The molecular formula is C24H28N2O3S. The van der Waals surface area contributed by atoms with Crippen LogP contribution in [0.4, 0.5) is 0 Å². The number of fused-ring (bicyclic) bond motifs is 3. The monoisotopic (exact) mass is 424 g/mol. The maximum Gasteiger partial charge on any atom is 0.332 e. The predicted octanol–water partition coefficient (Wildman–Crippen LogP) is 4.28. The van der Waals surface area contributed by atoms with E-state index in [9.17, 15) is 9.59 Å². The van der Waals surface area contributed by atoms with Crippen LogP contribution in [0, 0.1) is 0 Å². The Morgan fingerprint density at radius 3 is 2.67 bits per heavy atom. The highest BCUT2D eigenvalue weighted by molar-refractivity contribution is 7.18. The summed E-state index contributed by atoms with van der Waals surface area (Å²) in [4.78, 5) is 29.6. The zero-order valence-electron chi connectivity index (χ0n) is 17.6. The van der Waals surface area contributed by atoms with Crippen molar-refractivity contribution < 1.29 is 4.74 Å². The second-order valence-corrected chi connectivity index (χ2v) is 10.3. The molecule has 1 fully saturated rings. The van der Waals surface area contributed by atoms with Crippen LogP contribution in [-0.2, 0) is 24.1 Å². The third-order valence-electron chi connectivity index (χ3n) is 6.49. The first-order valence-electron chi connectivity index (χ1n) is 10.9. The minimum Gasteiger partial charge on any atom is -0.375 e. The smallest absolute Gasteiger partial charge is 0.332 e. The van der Waals surface area contributed by atoms with Crippen LogP contribution in [0.2, 0.25) is 0 Å². The van der Waals surface area contributed by atoms with E-state index in [-0.39, 0.29) is 22.9 Å². The molecule has 1 saturated heterocycles. The van der Waals surface area contributed by atoms with Gasteiger partial charge < -0.3 is 4.74 Å². The summed E-state index contributed by atoms with van der Waals surface area (Å²) in [5.74, 6) is 0. The summed E-state index contributed by atoms with van der Waals surface area (Å²) in [6.07, 6.45) is 5.59. The number of aromatic nitrogens is 2. The van der Waals surface area contributed by atoms with Crippen LogP contribution in [0.5, 0.6) is 0 Å². The molecule has 0 radical (unpaired) electrons. The molecule has 3 heterocycles. The van der Waals surface area contributed by atoms with Gasteiger partial charge in [-0.25, -0.2) is 4.79 Å². The van der Waals surface area contributed by atoms with Crippen LogP contribution >= 0.6 is 11.3 Å². The predicted molar refractivity (Wildman–Crippen MR) is 121 cm³/mol. The van der Waals surface area contributed by atoms with E-state index in [1.54, 1.807) is 15.9 Å². The first-order valence-corrected chi connectivity index (χ1v) is 11.7. The molecule has 2 aromatic heterocycles. The molecule has 0 amide bonds. The molecule has 6 heteroatoms. The van der Waals surface area contributed by atoms with E-state index < -0.39 is 0 Å². The molecule has 0 bridgehead atoms. The number of nitrogens with zero attached hydrogens (tertiary/aromatic N) is 2. The lowest BCUT2D eigenvalue weighted by molar-refractivity contribution is -0.0702. The Hall–Kier alpha value is -2.18. The van der Waals surface area contributed by atoms with Gasteiger partial charge in [0, 0.05) is 17.5 Å². The van der Waals surface area contributed by atoms with Crippen LogP contribution < -0.4 is 11.2 Å². The molecule has 0 unspecified atom stereocenters. The molecule has 1 aliphatic heterocycles. The lowest BCUT2D eigenvalue weighted by Gasteiger charge is -2.36. The van der Waals surface area contributed by atoms with Gasteiger partial charge in [-0.1, -0.05) is 30.3 Å². The van der Waals surface area contributed by atoms with Crippen molar-refractivity contribution >= 4 is 21.6 Å². The summed E-state index contributed by atoms with van der Waals surface area (Å²) in [5, 5.41) is 0.787. The Balaban J connectivity index is 1.76. The maximum atomic E-state index is 13.7. The summed E-state index contributed by atoms with van der Waals surface area (Å²) in [6.45, 7) is 5.14. The molecule has 0 spiro atoms. The summed E-state index contributed by atoms with van der Waals surface area (Å²) in [5.41, 5.74) is 1.65. The van der Waals surface area contributed by atoms with E-state index in [1.807, 2.05) is 48.7 Å². The molecule has 1 aliphatic carbocycles. The van der Waals surface area contributed by atoms with Gasteiger partial charge in [0.2, 0.25) is 0 Å². The number of ether oxygens (including phenoxy) is 1. The van der Waals surface area contributed by atoms with Crippen molar-refractivity contribution in [1.29, 1.82) is 0 Å². The molecule has 1 atom stereocenters. The van der Waals surface area contributed by atoms with Crippen molar-refractivity contribution in [3.05, 3.63) is 67.2 Å². The van der Waals surface area contributed by atoms with Gasteiger partial charge in [0.1, 0.15) is 4.83 Å². The van der Waals surface area contributed by atoms with E-state index in [4.69, 9.17) is 4.74 Å². The topological polar surface area (TPSA) is 53.2 Å². The van der Waals surface area contributed by atoms with Crippen molar-refractivity contribution in [2.45, 2.75) is 70.6 Å². The van der Waals surface area contributed by atoms with Gasteiger partial charge in [-0.2, -0.15) is 0 Å². The highest BCUT2D eigenvalue weighted by Crippen LogP contribution is 2.36. The van der Waals surface area contributed by atoms with Gasteiger partial charge in [-0.05, 0) is 63.5 Å². The number of hydrogen-bond donors (Lipinski definition) is 0. The van der Waals surface area contributed by atoms with E-state index in [0.717, 1.165) is 41.5 Å². The Bertz CT molecular complexity index is 1200. The molecule has 5 rings (SSSR count). The fourth-order valence-corrected chi connectivity index (χ4v) is 6.41. The van der Waals surface area contributed by atoms with Crippen LogP contribution in [0.3, 0.4) is 0 Å². The zero-order chi connectivity index (χ0) is 20.9. The lowest BCUT2D eigenvalue weighted by atomic mass is 9.93. The standard InChI is InChI=1S/C24H28N2O3S/c1-24(2)14-17(12-13-29-24)26-21(27)20-18-10-6-7-11-19(18)30-22(20)25(23(26)28)15-16-8-4-3-5-9-16/h3-5,8-9,17H,6-7,10-15H2,1-2H3/t17-/m1/s1. The van der Waals surface area contributed by atoms with Gasteiger partial charge in [-0.15, -0.1) is 11.3 Å². The second-order valence-electron chi connectivity index (χ2n) is 9.18. The summed E-state index contributed by atoms with van der Waals surface area (Å²) < 4.78 is 9.26. The molecule has 3 aromatic rings. The van der Waals surface area contributed by atoms with Crippen molar-refractivity contribution in [3.63, 3.8) is 0 Å². The Morgan fingerprint density at radius 1 is 1.13 bits per heavy atom. The van der Waals surface area contributed by atoms with Crippen LogP contribution in [0.25, 0.3) is 10.2 Å². The van der Waals surface area contributed by atoms with Crippen molar-refractivity contribution in [3.8, 4) is 0 Å². The molecule has 158 valence electrons. The van der Waals surface area contributed by atoms with Crippen LogP contribution in [-0.4, -0.2) is 21.3 Å². The van der Waals surface area contributed by atoms with E-state index in [2.05, 4.69) is 0 Å². The minimum absolute atomic E-state index is 0.0959. The van der Waals surface area contributed by atoms with Crippen molar-refractivity contribution in [2.24, 2.45) is 0 Å². The third kappa shape index (κ3) is 3.36. The molecule has 1 aromatic carbocycles. The van der Waals surface area contributed by atoms with Gasteiger partial charge in [-0.3, -0.25) is 13.9 Å². The number of benzene rings is 1. The Kier molecular flexibility index (Phi) is 4.94. The number of hydrogen-bond acceptors (Lipinski definition) is 4. The Labute approximate surface area is 179 Å². The zero-order valence-corrected chi connectivity index (χ0v) is 18.5. The van der Waals surface area contributed by atoms with Crippen LogP contribution in [0.1, 0.15) is 61.6 Å². The maximum absolute atomic E-state index is 13.7. The van der Waals surface area contributed by atoms with Crippen LogP contribution in [0.15, 0.2) is 39.9 Å². The van der Waals surface area contributed by atoms with Gasteiger partial charge in [0.05, 0.1) is 17.5 Å². The van der Waals surface area contributed by atoms with Gasteiger partial charge >= 0.3 is 5.69 Å². The van der Waals surface area contributed by atoms with Crippen molar-refractivity contribution in [1.82, 2.24) is 9.13 Å². The normalized spacial score (nSPS) is 20.9. The molecule has 0 N–H and O–H groups in total. The van der Waals surface area contributed by atoms with Gasteiger partial charge in [0.15, 0.2) is 0 Å². The van der Waals surface area contributed by atoms with E-state index >= 15 is 0 Å². The molecule has 30 heavy (non-hydrogen) atoms. The molecule has 0 saturated carbocycles. The quantitative estimate of drug-likeness (QED) is 0.631. The SMILES string of the molecule is CC1(C)C[C@H](n2c(=O)c3c4c(sc3n(Cc3ccccc3)c2=O)CCCC4)CCO1. The minimum atomic E-state index is -0.331. The van der Waals surface area contributed by atoms with E-state index in [1.165, 1.54) is 10.4 Å². The fourth-order valence-electron chi connectivity index (χ4n) is 5.03. The number of thiophene rings is 1. The largest absolute Gasteiger partial charge is 0.375 e. The number of aryl methyl sites for hydroxylation is 2. The fraction of sp³-hybridized carbons (Fsp3) is 0.500. The highest BCUT2D eigenvalue weighted by Gasteiger charge is 2.33. The molecule has 5 nitrogen and oxygen atoms in total. The molecular weight excluding hydrogens is 396 g/mol. The van der Waals surface area contributed by atoms with E-state index in [0.29, 0.717) is 26.0 Å². The first kappa shape index (κ1) is 19.8. The average Bonchev–Trinajstić information content (AvgIpc) is 3.11. The highest BCUT2D eigenvalue weighted by atomic mass is 32.1. The van der Waals surface area contributed by atoms with Crippen molar-refractivity contribution in [2.75, 3.05) is 6.61 Å². The summed E-state index contributed by atoms with van der Waals surface area (Å²) in [7, 11) is 0. The van der Waals surface area contributed by atoms with Gasteiger partial charge in [0.25, 0.3) is 5.56 Å². The lowest BCUT2D eigenvalue weighted by Crippen LogP contribution is -2.46. The second kappa shape index (κ2) is 7.50. The first-order chi connectivity index (χ1) is 14.4. The average molecular weight is 425 g/mol.